The van der Waals surface area contributed by atoms with E-state index in [2.05, 4.69) is 17.3 Å². The number of carbonyl (C=O) groups excluding carboxylic acids is 1. The highest BCUT2D eigenvalue weighted by atomic mass is 16.2. The van der Waals surface area contributed by atoms with Crippen molar-refractivity contribution in [2.75, 3.05) is 18.4 Å². The Labute approximate surface area is 108 Å². The summed E-state index contributed by atoms with van der Waals surface area (Å²) in [5, 5.41) is 7.99. The normalized spacial score (nSPS) is 16.9. The van der Waals surface area contributed by atoms with E-state index in [1.807, 2.05) is 22.8 Å². The Bertz CT molecular complexity index is 419. The lowest BCUT2D eigenvalue weighted by atomic mass is 10.0. The van der Waals surface area contributed by atoms with Crippen LogP contribution in [0.15, 0.2) is 6.20 Å². The van der Waals surface area contributed by atoms with E-state index in [0.29, 0.717) is 6.04 Å². The molecule has 1 aliphatic rings. The molecule has 18 heavy (non-hydrogen) atoms. The molecule has 5 nitrogen and oxygen atoms in total. The molecule has 0 bridgehead atoms. The summed E-state index contributed by atoms with van der Waals surface area (Å²) >= 11 is 0. The number of anilines is 1. The van der Waals surface area contributed by atoms with Gasteiger partial charge < -0.3 is 10.2 Å². The zero-order chi connectivity index (χ0) is 13.1. The summed E-state index contributed by atoms with van der Waals surface area (Å²) in [4.78, 5) is 13.2. The lowest BCUT2D eigenvalue weighted by molar-refractivity contribution is -0.129. The predicted octanol–water partition coefficient (Wildman–Crippen LogP) is 1.41. The van der Waals surface area contributed by atoms with Crippen LogP contribution in [0.4, 0.5) is 5.69 Å². The Kier molecular flexibility index (Phi) is 3.89. The lowest BCUT2D eigenvalue weighted by Gasteiger charge is -2.32. The Hall–Kier alpha value is -1.52. The van der Waals surface area contributed by atoms with Gasteiger partial charge in [-0.05, 0) is 19.3 Å². The van der Waals surface area contributed by atoms with Crippen molar-refractivity contribution in [1.29, 1.82) is 0 Å². The highest BCUT2D eigenvalue weighted by molar-refractivity contribution is 5.73. The average Bonchev–Trinajstić information content (AvgIpc) is 2.70. The molecule has 0 aliphatic carbocycles. The number of hydrogen-bond acceptors (Lipinski definition) is 3. The topological polar surface area (TPSA) is 50.2 Å². The van der Waals surface area contributed by atoms with Crippen LogP contribution >= 0.6 is 0 Å². The molecule has 1 amide bonds. The van der Waals surface area contributed by atoms with Crippen molar-refractivity contribution in [3.05, 3.63) is 11.9 Å². The number of hydrogen-bond donors (Lipinski definition) is 1. The maximum absolute atomic E-state index is 11.3. The number of aromatic nitrogens is 2. The Balaban J connectivity index is 1.93. The second-order valence-corrected chi connectivity index (χ2v) is 4.94. The van der Waals surface area contributed by atoms with Gasteiger partial charge in [-0.25, -0.2) is 0 Å². The van der Waals surface area contributed by atoms with Gasteiger partial charge in [-0.3, -0.25) is 9.48 Å². The van der Waals surface area contributed by atoms with Gasteiger partial charge in [0.15, 0.2) is 0 Å². The number of piperidine rings is 1. The molecule has 1 aliphatic heterocycles. The van der Waals surface area contributed by atoms with E-state index >= 15 is 0 Å². The van der Waals surface area contributed by atoms with Crippen molar-refractivity contribution in [2.45, 2.75) is 39.2 Å². The maximum atomic E-state index is 11.3. The average molecular weight is 250 g/mol. The van der Waals surface area contributed by atoms with Crippen molar-refractivity contribution >= 4 is 11.6 Å². The van der Waals surface area contributed by atoms with E-state index < -0.39 is 0 Å². The number of nitrogens with zero attached hydrogens (tertiary/aromatic N) is 3. The van der Waals surface area contributed by atoms with E-state index in [1.165, 1.54) is 0 Å². The molecule has 0 unspecified atom stereocenters. The molecule has 0 aromatic carbocycles. The molecular weight excluding hydrogens is 228 g/mol. The van der Waals surface area contributed by atoms with Gasteiger partial charge >= 0.3 is 0 Å². The van der Waals surface area contributed by atoms with Gasteiger partial charge in [0.2, 0.25) is 5.91 Å². The van der Waals surface area contributed by atoms with Crippen LogP contribution in [-0.4, -0.2) is 39.7 Å². The van der Waals surface area contributed by atoms with Crippen molar-refractivity contribution < 1.29 is 4.79 Å². The van der Waals surface area contributed by atoms with Crippen LogP contribution < -0.4 is 5.32 Å². The van der Waals surface area contributed by atoms with Crippen LogP contribution in [0.5, 0.6) is 0 Å². The van der Waals surface area contributed by atoms with Crippen LogP contribution in [-0.2, 0) is 18.3 Å². The first-order valence-electron chi connectivity index (χ1n) is 6.64. The predicted molar refractivity (Wildman–Crippen MR) is 71.5 cm³/mol. The van der Waals surface area contributed by atoms with Crippen molar-refractivity contribution in [3.63, 3.8) is 0 Å². The van der Waals surface area contributed by atoms with E-state index in [-0.39, 0.29) is 5.91 Å². The third-order valence-electron chi connectivity index (χ3n) is 3.54. The van der Waals surface area contributed by atoms with Crippen molar-refractivity contribution in [1.82, 2.24) is 14.7 Å². The van der Waals surface area contributed by atoms with Crippen LogP contribution in [0.1, 0.15) is 32.4 Å². The van der Waals surface area contributed by atoms with E-state index in [9.17, 15) is 4.79 Å². The molecule has 0 atom stereocenters. The molecule has 5 heteroatoms. The summed E-state index contributed by atoms with van der Waals surface area (Å²) in [7, 11) is 1.95. The molecular formula is C13H22N4O. The number of rotatable bonds is 3. The molecule has 1 N–H and O–H groups in total. The smallest absolute Gasteiger partial charge is 0.219 e. The van der Waals surface area contributed by atoms with Crippen LogP contribution in [0.25, 0.3) is 0 Å². The van der Waals surface area contributed by atoms with Crippen LogP contribution in [0.2, 0.25) is 0 Å². The van der Waals surface area contributed by atoms with E-state index in [0.717, 1.165) is 43.7 Å². The first-order chi connectivity index (χ1) is 8.60. The summed E-state index contributed by atoms with van der Waals surface area (Å²) in [5.41, 5.74) is 2.26. The molecule has 0 saturated carbocycles. The zero-order valence-corrected chi connectivity index (χ0v) is 11.4. The summed E-state index contributed by atoms with van der Waals surface area (Å²) in [6, 6.07) is 0.454. The summed E-state index contributed by atoms with van der Waals surface area (Å²) in [6.45, 7) is 5.47. The number of aryl methyl sites for hydroxylation is 2. The van der Waals surface area contributed by atoms with Gasteiger partial charge in [0.1, 0.15) is 0 Å². The Morgan fingerprint density at radius 3 is 2.72 bits per heavy atom. The summed E-state index contributed by atoms with van der Waals surface area (Å²) in [5.74, 6) is 0.184. The summed E-state index contributed by atoms with van der Waals surface area (Å²) < 4.78 is 1.85. The number of carbonyl (C=O) groups is 1. The fraction of sp³-hybridized carbons (Fsp3) is 0.692. The molecule has 1 saturated heterocycles. The largest absolute Gasteiger partial charge is 0.379 e. The molecule has 2 heterocycles. The Morgan fingerprint density at radius 1 is 1.50 bits per heavy atom. The molecule has 1 aromatic rings. The zero-order valence-electron chi connectivity index (χ0n) is 11.4. The minimum absolute atomic E-state index is 0.184. The number of likely N-dealkylation sites (tertiary alicyclic amines) is 1. The van der Waals surface area contributed by atoms with Gasteiger partial charge in [-0.15, -0.1) is 0 Å². The SMILES string of the molecule is CCc1nn(C)cc1NC1CCN(C(C)=O)CC1. The number of amides is 1. The highest BCUT2D eigenvalue weighted by Gasteiger charge is 2.21. The number of nitrogens with one attached hydrogen (secondary N) is 1. The highest BCUT2D eigenvalue weighted by Crippen LogP contribution is 2.19. The van der Waals surface area contributed by atoms with Gasteiger partial charge in [-0.1, -0.05) is 6.92 Å². The molecule has 1 fully saturated rings. The molecule has 0 radical (unpaired) electrons. The van der Waals surface area contributed by atoms with Gasteiger partial charge in [0.05, 0.1) is 11.4 Å². The minimum Gasteiger partial charge on any atom is -0.379 e. The molecule has 100 valence electrons. The first kappa shape index (κ1) is 12.9. The van der Waals surface area contributed by atoms with Gasteiger partial charge in [0.25, 0.3) is 0 Å². The quantitative estimate of drug-likeness (QED) is 0.882. The van der Waals surface area contributed by atoms with E-state index in [4.69, 9.17) is 0 Å². The van der Waals surface area contributed by atoms with Crippen LogP contribution in [0.3, 0.4) is 0 Å². The molecule has 1 aromatic heterocycles. The lowest BCUT2D eigenvalue weighted by Crippen LogP contribution is -2.41. The van der Waals surface area contributed by atoms with Crippen molar-refractivity contribution in [2.24, 2.45) is 7.05 Å². The first-order valence-corrected chi connectivity index (χ1v) is 6.64. The second kappa shape index (κ2) is 5.42. The maximum Gasteiger partial charge on any atom is 0.219 e. The second-order valence-electron chi connectivity index (χ2n) is 4.94. The van der Waals surface area contributed by atoms with Crippen LogP contribution in [0, 0.1) is 0 Å². The van der Waals surface area contributed by atoms with E-state index in [1.54, 1.807) is 6.92 Å². The van der Waals surface area contributed by atoms with Crippen molar-refractivity contribution in [3.8, 4) is 0 Å². The fourth-order valence-corrected chi connectivity index (χ4v) is 2.47. The van der Waals surface area contributed by atoms with Gasteiger partial charge in [0, 0.05) is 39.3 Å². The third kappa shape index (κ3) is 2.83. The molecule has 0 spiro atoms. The monoisotopic (exact) mass is 250 g/mol. The summed E-state index contributed by atoms with van der Waals surface area (Å²) in [6.07, 6.45) is 5.00. The van der Waals surface area contributed by atoms with Gasteiger partial charge in [-0.2, -0.15) is 5.10 Å². The standard InChI is InChI=1S/C13H22N4O/c1-4-12-13(9-16(3)15-12)14-11-5-7-17(8-6-11)10(2)18/h9,11,14H,4-8H2,1-3H3. The Morgan fingerprint density at radius 2 is 2.17 bits per heavy atom. The third-order valence-corrected chi connectivity index (χ3v) is 3.54. The molecule has 2 rings (SSSR count). The minimum atomic E-state index is 0.184. The fourth-order valence-electron chi connectivity index (χ4n) is 2.47.